The fourth-order valence-electron chi connectivity index (χ4n) is 2.82. The summed E-state index contributed by atoms with van der Waals surface area (Å²) in [4.78, 5) is 0. The minimum atomic E-state index is 0.409. The van der Waals surface area contributed by atoms with Crippen LogP contribution in [0.5, 0.6) is 5.75 Å². The topological polar surface area (TPSA) is 46.2 Å². The van der Waals surface area contributed by atoms with Crippen molar-refractivity contribution in [3.05, 3.63) is 64.2 Å². The van der Waals surface area contributed by atoms with Gasteiger partial charge in [-0.25, -0.2) is 0 Å². The van der Waals surface area contributed by atoms with Crippen molar-refractivity contribution in [2.45, 2.75) is 32.2 Å². The normalized spacial score (nSPS) is 14.2. The standard InChI is InChI=1S/C17H19NO/c18-11-16-14-7-5-12-1-3-13(4-2-12)6-8-15(10-9-14)17(16)19/h1-4,9-10,19H,5-8,11,18H2. The molecule has 2 aromatic rings. The lowest BCUT2D eigenvalue weighted by atomic mass is 9.92. The van der Waals surface area contributed by atoms with Gasteiger partial charge in [-0.15, -0.1) is 0 Å². The minimum absolute atomic E-state index is 0.409. The van der Waals surface area contributed by atoms with E-state index >= 15 is 0 Å². The van der Waals surface area contributed by atoms with Crippen LogP contribution in [0, 0.1) is 0 Å². The van der Waals surface area contributed by atoms with Crippen molar-refractivity contribution >= 4 is 0 Å². The van der Waals surface area contributed by atoms with Crippen molar-refractivity contribution in [1.29, 1.82) is 0 Å². The van der Waals surface area contributed by atoms with Crippen LogP contribution < -0.4 is 5.73 Å². The first-order valence-corrected chi connectivity index (χ1v) is 6.88. The zero-order valence-corrected chi connectivity index (χ0v) is 11.0. The van der Waals surface area contributed by atoms with Crippen molar-refractivity contribution in [2.24, 2.45) is 5.73 Å². The molecule has 0 fully saturated rings. The van der Waals surface area contributed by atoms with Crippen molar-refractivity contribution in [3.8, 4) is 5.75 Å². The minimum Gasteiger partial charge on any atom is -0.507 e. The highest BCUT2D eigenvalue weighted by molar-refractivity contribution is 5.46. The number of phenolic OH excluding ortho intramolecular Hbond substituents is 1. The lowest BCUT2D eigenvalue weighted by Gasteiger charge is -2.15. The molecule has 4 aliphatic carbocycles. The third-order valence-corrected chi connectivity index (χ3v) is 4.06. The molecule has 6 rings (SSSR count). The molecule has 0 saturated heterocycles. The Labute approximate surface area is 113 Å². The van der Waals surface area contributed by atoms with Crippen LogP contribution in [0.15, 0.2) is 36.4 Å². The molecule has 0 saturated carbocycles. The molecule has 0 amide bonds. The Hall–Kier alpha value is -1.80. The summed E-state index contributed by atoms with van der Waals surface area (Å²) in [5.74, 6) is 0.412. The van der Waals surface area contributed by atoms with Crippen molar-refractivity contribution < 1.29 is 5.11 Å². The Kier molecular flexibility index (Phi) is 3.26. The monoisotopic (exact) mass is 253 g/mol. The van der Waals surface area contributed by atoms with Gasteiger partial charge in [-0.2, -0.15) is 0 Å². The lowest BCUT2D eigenvalue weighted by Crippen LogP contribution is -2.06. The number of benzene rings is 2. The van der Waals surface area contributed by atoms with E-state index in [2.05, 4.69) is 36.4 Å². The molecule has 0 heterocycles. The van der Waals surface area contributed by atoms with E-state index in [0.717, 1.165) is 36.8 Å². The van der Waals surface area contributed by atoms with Gasteiger partial charge in [0.2, 0.25) is 0 Å². The first kappa shape index (κ1) is 12.2. The van der Waals surface area contributed by atoms with Crippen molar-refractivity contribution in [2.75, 3.05) is 0 Å². The van der Waals surface area contributed by atoms with Gasteiger partial charge in [0.1, 0.15) is 5.75 Å². The number of aromatic hydroxyl groups is 1. The summed E-state index contributed by atoms with van der Waals surface area (Å²) in [6, 6.07) is 13.0. The second-order valence-corrected chi connectivity index (χ2v) is 5.23. The van der Waals surface area contributed by atoms with Gasteiger partial charge in [0, 0.05) is 12.1 Å². The molecule has 3 N–H and O–H groups in total. The summed E-state index contributed by atoms with van der Waals surface area (Å²) in [6.07, 6.45) is 3.74. The number of rotatable bonds is 1. The predicted octanol–water partition coefficient (Wildman–Crippen LogP) is 2.73. The zero-order valence-electron chi connectivity index (χ0n) is 11.0. The Morgan fingerprint density at radius 2 is 1.32 bits per heavy atom. The number of aryl methyl sites for hydroxylation is 4. The Bertz CT molecular complexity index is 587. The molecule has 0 radical (unpaired) electrons. The molecule has 0 atom stereocenters. The van der Waals surface area contributed by atoms with Crippen LogP contribution in [0.3, 0.4) is 0 Å². The summed E-state index contributed by atoms with van der Waals surface area (Å²) in [6.45, 7) is 0.409. The molecule has 0 unspecified atom stereocenters. The van der Waals surface area contributed by atoms with Gasteiger partial charge in [-0.05, 0) is 47.9 Å². The fourth-order valence-corrected chi connectivity index (χ4v) is 2.82. The van der Waals surface area contributed by atoms with Crippen LogP contribution in [0.25, 0.3) is 0 Å². The molecule has 0 aromatic heterocycles. The SMILES string of the molecule is NCc1c2ccc(c1O)CCc1ccc(cc1)CC2. The van der Waals surface area contributed by atoms with Crippen LogP contribution in [-0.4, -0.2) is 5.11 Å². The van der Waals surface area contributed by atoms with Crippen LogP contribution in [0.2, 0.25) is 0 Å². The average molecular weight is 253 g/mol. The maximum atomic E-state index is 10.4. The molecule has 2 heteroatoms. The van der Waals surface area contributed by atoms with Gasteiger partial charge in [0.25, 0.3) is 0 Å². The molecule has 4 bridgehead atoms. The summed E-state index contributed by atoms with van der Waals surface area (Å²) < 4.78 is 0. The Morgan fingerprint density at radius 3 is 1.89 bits per heavy atom. The molecular formula is C17H19NO. The van der Waals surface area contributed by atoms with E-state index in [1.807, 2.05) is 0 Å². The first-order valence-electron chi connectivity index (χ1n) is 6.88. The van der Waals surface area contributed by atoms with E-state index in [-0.39, 0.29) is 0 Å². The molecule has 2 nitrogen and oxygen atoms in total. The average Bonchev–Trinajstić information content (AvgIpc) is 2.43. The van der Waals surface area contributed by atoms with E-state index in [9.17, 15) is 5.11 Å². The number of hydrogen-bond acceptors (Lipinski definition) is 2. The molecule has 0 spiro atoms. The smallest absolute Gasteiger partial charge is 0.123 e. The second kappa shape index (κ2) is 5.06. The molecule has 0 aliphatic heterocycles. The quantitative estimate of drug-likeness (QED) is 0.821. The maximum absolute atomic E-state index is 10.4. The maximum Gasteiger partial charge on any atom is 0.123 e. The summed E-state index contributed by atoms with van der Waals surface area (Å²) in [7, 11) is 0. The fraction of sp³-hybridized carbons (Fsp3) is 0.294. The van der Waals surface area contributed by atoms with E-state index < -0.39 is 0 Å². The highest BCUT2D eigenvalue weighted by Gasteiger charge is 2.12. The number of hydrogen-bond donors (Lipinski definition) is 2. The number of nitrogens with two attached hydrogens (primary N) is 1. The molecule has 4 aliphatic rings. The summed E-state index contributed by atoms with van der Waals surface area (Å²) >= 11 is 0. The van der Waals surface area contributed by atoms with Crippen molar-refractivity contribution in [3.63, 3.8) is 0 Å². The van der Waals surface area contributed by atoms with Gasteiger partial charge < -0.3 is 10.8 Å². The molecule has 2 aromatic carbocycles. The summed E-state index contributed by atoms with van der Waals surface area (Å²) in [5.41, 5.74) is 11.6. The third-order valence-electron chi connectivity index (χ3n) is 4.06. The highest BCUT2D eigenvalue weighted by atomic mass is 16.3. The van der Waals surface area contributed by atoms with Gasteiger partial charge >= 0.3 is 0 Å². The zero-order chi connectivity index (χ0) is 13.2. The number of phenols is 1. The molecule has 98 valence electrons. The van der Waals surface area contributed by atoms with Gasteiger partial charge in [0.15, 0.2) is 0 Å². The lowest BCUT2D eigenvalue weighted by molar-refractivity contribution is 0.459. The largest absolute Gasteiger partial charge is 0.507 e. The van der Waals surface area contributed by atoms with Crippen LogP contribution in [0.4, 0.5) is 0 Å². The third kappa shape index (κ3) is 2.36. The van der Waals surface area contributed by atoms with Gasteiger partial charge in [-0.3, -0.25) is 0 Å². The van der Waals surface area contributed by atoms with E-state index in [4.69, 9.17) is 5.73 Å². The van der Waals surface area contributed by atoms with Crippen LogP contribution >= 0.6 is 0 Å². The van der Waals surface area contributed by atoms with E-state index in [0.29, 0.717) is 12.3 Å². The second-order valence-electron chi connectivity index (χ2n) is 5.23. The molecule has 19 heavy (non-hydrogen) atoms. The van der Waals surface area contributed by atoms with E-state index in [1.165, 1.54) is 16.7 Å². The van der Waals surface area contributed by atoms with Crippen molar-refractivity contribution in [1.82, 2.24) is 0 Å². The predicted molar refractivity (Wildman–Crippen MR) is 77.3 cm³/mol. The highest BCUT2D eigenvalue weighted by Crippen LogP contribution is 2.28. The first-order chi connectivity index (χ1) is 9.28. The van der Waals surface area contributed by atoms with Crippen LogP contribution in [0.1, 0.15) is 27.8 Å². The van der Waals surface area contributed by atoms with Crippen LogP contribution in [-0.2, 0) is 32.2 Å². The Balaban J connectivity index is 2.06. The van der Waals surface area contributed by atoms with E-state index in [1.54, 1.807) is 0 Å². The Morgan fingerprint density at radius 1 is 0.789 bits per heavy atom. The molecular weight excluding hydrogens is 234 g/mol. The summed E-state index contributed by atoms with van der Waals surface area (Å²) in [5, 5.41) is 10.4. The van der Waals surface area contributed by atoms with Gasteiger partial charge in [-0.1, -0.05) is 36.4 Å². The van der Waals surface area contributed by atoms with Gasteiger partial charge in [0.05, 0.1) is 0 Å².